The number of benzene rings is 1. The molecule has 19 heavy (non-hydrogen) atoms. The third-order valence-corrected chi connectivity index (χ3v) is 3.65. The van der Waals surface area contributed by atoms with Crippen LogP contribution < -0.4 is 4.74 Å². The van der Waals surface area contributed by atoms with E-state index < -0.39 is 0 Å². The minimum atomic E-state index is 0.226. The van der Waals surface area contributed by atoms with Crippen LogP contribution in [0.2, 0.25) is 0 Å². The number of piperazine rings is 1. The highest BCUT2D eigenvalue weighted by Crippen LogP contribution is 2.26. The Hall–Kier alpha value is -1.26. The Bertz CT molecular complexity index is 401. The number of nitrogens with zero attached hydrogens (tertiary/aromatic N) is 2. The summed E-state index contributed by atoms with van der Waals surface area (Å²) in [5.41, 5.74) is 1.14. The van der Waals surface area contributed by atoms with Gasteiger partial charge in [-0.05, 0) is 30.7 Å². The topological polar surface area (TPSA) is 35.9 Å². The Morgan fingerprint density at radius 2 is 1.84 bits per heavy atom. The summed E-state index contributed by atoms with van der Waals surface area (Å²) in [5.74, 6) is 0.765. The fourth-order valence-electron chi connectivity index (χ4n) is 2.58. The molecule has 0 radical (unpaired) electrons. The highest BCUT2D eigenvalue weighted by atomic mass is 16.5. The van der Waals surface area contributed by atoms with Gasteiger partial charge in [0.15, 0.2) is 11.5 Å². The molecule has 0 aromatic heterocycles. The molecule has 1 aromatic rings. The zero-order chi connectivity index (χ0) is 13.7. The van der Waals surface area contributed by atoms with Crippen molar-refractivity contribution in [3.8, 4) is 11.5 Å². The fourth-order valence-corrected chi connectivity index (χ4v) is 2.58. The first-order chi connectivity index (χ1) is 9.22. The second-order valence-electron chi connectivity index (χ2n) is 5.12. The molecule has 1 aromatic carbocycles. The molecule has 2 rings (SSSR count). The number of hydrogen-bond acceptors (Lipinski definition) is 4. The molecule has 1 fully saturated rings. The van der Waals surface area contributed by atoms with Gasteiger partial charge in [0.1, 0.15) is 0 Å². The lowest BCUT2D eigenvalue weighted by atomic mass is 10.1. The molecule has 0 amide bonds. The lowest BCUT2D eigenvalue weighted by Gasteiger charge is -2.34. The van der Waals surface area contributed by atoms with E-state index in [-0.39, 0.29) is 5.75 Å². The molecule has 0 atom stereocenters. The van der Waals surface area contributed by atoms with Crippen LogP contribution >= 0.6 is 0 Å². The maximum absolute atomic E-state index is 9.78. The van der Waals surface area contributed by atoms with Crippen molar-refractivity contribution in [1.82, 2.24) is 9.80 Å². The van der Waals surface area contributed by atoms with Crippen molar-refractivity contribution < 1.29 is 9.84 Å². The van der Waals surface area contributed by atoms with Gasteiger partial charge in [0, 0.05) is 32.7 Å². The summed E-state index contributed by atoms with van der Waals surface area (Å²) in [4.78, 5) is 4.95. The van der Waals surface area contributed by atoms with E-state index in [9.17, 15) is 5.11 Å². The normalized spacial score (nSPS) is 17.6. The molecule has 1 aliphatic heterocycles. The summed E-state index contributed by atoms with van der Waals surface area (Å²) in [7, 11) is 1.57. The Kier molecular flexibility index (Phi) is 5.05. The average Bonchev–Trinajstić information content (AvgIpc) is 2.42. The first-order valence-electron chi connectivity index (χ1n) is 7.03. The van der Waals surface area contributed by atoms with Crippen LogP contribution in [0.1, 0.15) is 18.9 Å². The maximum Gasteiger partial charge on any atom is 0.160 e. The number of ether oxygens (including phenoxy) is 1. The summed E-state index contributed by atoms with van der Waals surface area (Å²) in [6, 6.07) is 5.66. The van der Waals surface area contributed by atoms with Crippen LogP contribution in [0, 0.1) is 0 Å². The van der Waals surface area contributed by atoms with Gasteiger partial charge in [-0.2, -0.15) is 0 Å². The van der Waals surface area contributed by atoms with E-state index in [1.54, 1.807) is 13.2 Å². The number of phenols is 1. The van der Waals surface area contributed by atoms with Gasteiger partial charge in [-0.1, -0.05) is 13.0 Å². The van der Waals surface area contributed by atoms with Crippen molar-refractivity contribution in [2.75, 3.05) is 39.8 Å². The van der Waals surface area contributed by atoms with Crippen molar-refractivity contribution in [2.45, 2.75) is 19.9 Å². The molecule has 1 heterocycles. The number of rotatable bonds is 5. The van der Waals surface area contributed by atoms with Crippen LogP contribution in [-0.4, -0.2) is 54.7 Å². The molecular formula is C15H24N2O2. The zero-order valence-electron chi connectivity index (χ0n) is 11.9. The van der Waals surface area contributed by atoms with E-state index in [1.165, 1.54) is 13.0 Å². The molecule has 1 saturated heterocycles. The maximum atomic E-state index is 9.78. The monoisotopic (exact) mass is 264 g/mol. The van der Waals surface area contributed by atoms with E-state index >= 15 is 0 Å². The van der Waals surface area contributed by atoms with Crippen LogP contribution in [0.5, 0.6) is 11.5 Å². The summed E-state index contributed by atoms with van der Waals surface area (Å²) < 4.78 is 5.06. The lowest BCUT2D eigenvalue weighted by Crippen LogP contribution is -2.45. The fraction of sp³-hybridized carbons (Fsp3) is 0.600. The lowest BCUT2D eigenvalue weighted by molar-refractivity contribution is 0.127. The number of methoxy groups -OCH3 is 1. The molecule has 0 bridgehead atoms. The number of hydrogen-bond donors (Lipinski definition) is 1. The van der Waals surface area contributed by atoms with E-state index in [0.29, 0.717) is 5.75 Å². The Morgan fingerprint density at radius 3 is 2.42 bits per heavy atom. The second-order valence-corrected chi connectivity index (χ2v) is 5.12. The van der Waals surface area contributed by atoms with Gasteiger partial charge in [0.25, 0.3) is 0 Å². The van der Waals surface area contributed by atoms with Gasteiger partial charge in [-0.25, -0.2) is 0 Å². The van der Waals surface area contributed by atoms with Gasteiger partial charge in [0.05, 0.1) is 7.11 Å². The first-order valence-corrected chi connectivity index (χ1v) is 7.03. The molecule has 4 nitrogen and oxygen atoms in total. The highest BCUT2D eigenvalue weighted by Gasteiger charge is 2.16. The Balaban J connectivity index is 1.87. The molecule has 0 aliphatic carbocycles. The molecule has 0 saturated carbocycles. The Morgan fingerprint density at radius 1 is 1.16 bits per heavy atom. The number of phenolic OH excluding ortho intramolecular Hbond substituents is 1. The van der Waals surface area contributed by atoms with Gasteiger partial charge in [0.2, 0.25) is 0 Å². The van der Waals surface area contributed by atoms with E-state index in [1.807, 2.05) is 12.1 Å². The van der Waals surface area contributed by atoms with Crippen LogP contribution in [0.3, 0.4) is 0 Å². The second kappa shape index (κ2) is 6.78. The zero-order valence-corrected chi connectivity index (χ0v) is 11.9. The van der Waals surface area contributed by atoms with Crippen molar-refractivity contribution >= 4 is 0 Å². The highest BCUT2D eigenvalue weighted by molar-refractivity contribution is 5.41. The summed E-state index contributed by atoms with van der Waals surface area (Å²) in [6.07, 6.45) is 1.23. The van der Waals surface area contributed by atoms with Gasteiger partial charge in [-0.15, -0.1) is 0 Å². The van der Waals surface area contributed by atoms with Crippen molar-refractivity contribution in [1.29, 1.82) is 0 Å². The molecule has 106 valence electrons. The third kappa shape index (κ3) is 3.85. The quantitative estimate of drug-likeness (QED) is 0.881. The van der Waals surface area contributed by atoms with Crippen LogP contribution in [0.4, 0.5) is 0 Å². The molecule has 1 aliphatic rings. The minimum Gasteiger partial charge on any atom is -0.504 e. The van der Waals surface area contributed by atoms with Crippen molar-refractivity contribution in [3.63, 3.8) is 0 Å². The standard InChI is InChI=1S/C15H24N2O2/c1-3-6-16-7-9-17(10-8-16)12-13-4-5-15(19-2)14(18)11-13/h4-5,11,18H,3,6-10,12H2,1-2H3. The van der Waals surface area contributed by atoms with Gasteiger partial charge < -0.3 is 14.7 Å². The predicted octanol–water partition coefficient (Wildman–Crippen LogP) is 1.93. The smallest absolute Gasteiger partial charge is 0.160 e. The van der Waals surface area contributed by atoms with Crippen LogP contribution in [0.25, 0.3) is 0 Å². The van der Waals surface area contributed by atoms with E-state index in [4.69, 9.17) is 4.74 Å². The van der Waals surface area contributed by atoms with Gasteiger partial charge in [-0.3, -0.25) is 4.90 Å². The molecule has 0 spiro atoms. The molecule has 0 unspecified atom stereocenters. The Labute approximate surface area is 115 Å². The first kappa shape index (κ1) is 14.2. The van der Waals surface area contributed by atoms with Crippen molar-refractivity contribution in [3.05, 3.63) is 23.8 Å². The molecule has 4 heteroatoms. The summed E-state index contributed by atoms with van der Waals surface area (Å²) in [5, 5.41) is 9.78. The number of aromatic hydroxyl groups is 1. The van der Waals surface area contributed by atoms with E-state index in [2.05, 4.69) is 16.7 Å². The average molecular weight is 264 g/mol. The summed E-state index contributed by atoms with van der Waals surface area (Å²) in [6.45, 7) is 8.84. The van der Waals surface area contributed by atoms with Crippen molar-refractivity contribution in [2.24, 2.45) is 0 Å². The van der Waals surface area contributed by atoms with E-state index in [0.717, 1.165) is 38.3 Å². The van der Waals surface area contributed by atoms with Crippen LogP contribution in [-0.2, 0) is 6.54 Å². The third-order valence-electron chi connectivity index (χ3n) is 3.65. The molecular weight excluding hydrogens is 240 g/mol. The van der Waals surface area contributed by atoms with Gasteiger partial charge >= 0.3 is 0 Å². The largest absolute Gasteiger partial charge is 0.504 e. The predicted molar refractivity (Wildman–Crippen MR) is 76.7 cm³/mol. The minimum absolute atomic E-state index is 0.226. The SMILES string of the molecule is CCCN1CCN(Cc2ccc(OC)c(O)c2)CC1. The van der Waals surface area contributed by atoms with Crippen LogP contribution in [0.15, 0.2) is 18.2 Å². The molecule has 1 N–H and O–H groups in total. The summed E-state index contributed by atoms with van der Waals surface area (Å²) >= 11 is 0.